The molecule has 1 atom stereocenters. The normalized spacial score (nSPS) is 13.3. The van der Waals surface area contributed by atoms with Crippen LogP contribution in [0.4, 0.5) is 0 Å². The highest BCUT2D eigenvalue weighted by Crippen LogP contribution is 1.99. The molecule has 0 aromatic carbocycles. The Labute approximate surface area is 96.4 Å². The molecule has 0 aliphatic rings. The Morgan fingerprint density at radius 1 is 1.38 bits per heavy atom. The van der Waals surface area contributed by atoms with Crippen molar-refractivity contribution in [3.8, 4) is 0 Å². The quantitative estimate of drug-likeness (QED) is 0.739. The summed E-state index contributed by atoms with van der Waals surface area (Å²) in [4.78, 5) is 0. The SMILES string of the molecule is CCOC(C)Cn1nnnc1CNC(C)C. The van der Waals surface area contributed by atoms with Crippen LogP contribution in [0.2, 0.25) is 0 Å². The first-order chi connectivity index (χ1) is 7.63. The minimum Gasteiger partial charge on any atom is -0.377 e. The van der Waals surface area contributed by atoms with Crippen molar-refractivity contribution >= 4 is 0 Å². The molecule has 0 radical (unpaired) electrons. The first-order valence-corrected chi connectivity index (χ1v) is 5.73. The lowest BCUT2D eigenvalue weighted by molar-refractivity contribution is 0.0602. The van der Waals surface area contributed by atoms with Gasteiger partial charge < -0.3 is 10.1 Å². The maximum Gasteiger partial charge on any atom is 0.165 e. The van der Waals surface area contributed by atoms with Gasteiger partial charge >= 0.3 is 0 Å². The molecule has 1 N–H and O–H groups in total. The van der Waals surface area contributed by atoms with Crippen molar-refractivity contribution in [1.29, 1.82) is 0 Å². The van der Waals surface area contributed by atoms with Gasteiger partial charge in [0.15, 0.2) is 5.82 Å². The van der Waals surface area contributed by atoms with Gasteiger partial charge in [0.1, 0.15) is 0 Å². The maximum atomic E-state index is 5.46. The molecule has 6 heteroatoms. The number of aromatic nitrogens is 4. The molecule has 1 aromatic rings. The van der Waals surface area contributed by atoms with Crippen molar-refractivity contribution in [3.05, 3.63) is 5.82 Å². The van der Waals surface area contributed by atoms with E-state index in [2.05, 4.69) is 34.7 Å². The minimum absolute atomic E-state index is 0.131. The van der Waals surface area contributed by atoms with E-state index in [0.29, 0.717) is 25.7 Å². The maximum absolute atomic E-state index is 5.46. The highest BCUT2D eigenvalue weighted by atomic mass is 16.5. The van der Waals surface area contributed by atoms with Crippen LogP contribution in [0.15, 0.2) is 0 Å². The summed E-state index contributed by atoms with van der Waals surface area (Å²) in [7, 11) is 0. The number of ether oxygens (including phenoxy) is 1. The molecule has 1 aromatic heterocycles. The molecule has 0 saturated carbocycles. The second kappa shape index (κ2) is 6.55. The minimum atomic E-state index is 0.131. The molecule has 0 bridgehead atoms. The van der Waals surface area contributed by atoms with Gasteiger partial charge in [-0.05, 0) is 24.3 Å². The summed E-state index contributed by atoms with van der Waals surface area (Å²) in [6.45, 7) is 10.3. The van der Waals surface area contributed by atoms with Gasteiger partial charge in [-0.1, -0.05) is 13.8 Å². The van der Waals surface area contributed by atoms with Crippen LogP contribution in [0.3, 0.4) is 0 Å². The predicted molar refractivity (Wildman–Crippen MR) is 60.9 cm³/mol. The van der Waals surface area contributed by atoms with Crippen LogP contribution < -0.4 is 5.32 Å². The molecule has 0 spiro atoms. The number of nitrogens with zero attached hydrogens (tertiary/aromatic N) is 4. The van der Waals surface area contributed by atoms with E-state index >= 15 is 0 Å². The van der Waals surface area contributed by atoms with Gasteiger partial charge in [-0.25, -0.2) is 4.68 Å². The average Bonchev–Trinajstić information content (AvgIpc) is 2.62. The lowest BCUT2D eigenvalue weighted by Gasteiger charge is -2.13. The molecule has 0 amide bonds. The van der Waals surface area contributed by atoms with Crippen molar-refractivity contribution in [2.75, 3.05) is 6.61 Å². The zero-order valence-electron chi connectivity index (χ0n) is 10.5. The third-order valence-corrected chi connectivity index (χ3v) is 2.16. The van der Waals surface area contributed by atoms with Crippen molar-refractivity contribution in [2.24, 2.45) is 0 Å². The van der Waals surface area contributed by atoms with Crippen LogP contribution in [0, 0.1) is 0 Å². The van der Waals surface area contributed by atoms with E-state index < -0.39 is 0 Å². The Morgan fingerprint density at radius 3 is 2.75 bits per heavy atom. The Balaban J connectivity index is 2.49. The van der Waals surface area contributed by atoms with Gasteiger partial charge in [-0.2, -0.15) is 0 Å². The molecule has 92 valence electrons. The Bertz CT molecular complexity index is 299. The Kier molecular flexibility index (Phi) is 5.34. The number of tetrazole rings is 1. The largest absolute Gasteiger partial charge is 0.377 e. The summed E-state index contributed by atoms with van der Waals surface area (Å²) in [6, 6.07) is 0.425. The molecule has 16 heavy (non-hydrogen) atoms. The second-order valence-corrected chi connectivity index (χ2v) is 4.08. The fourth-order valence-corrected chi connectivity index (χ4v) is 1.37. The van der Waals surface area contributed by atoms with Crippen LogP contribution >= 0.6 is 0 Å². The molecule has 0 saturated heterocycles. The van der Waals surface area contributed by atoms with E-state index in [4.69, 9.17) is 4.74 Å². The monoisotopic (exact) mass is 227 g/mol. The van der Waals surface area contributed by atoms with E-state index in [0.717, 1.165) is 5.82 Å². The number of hydrogen-bond donors (Lipinski definition) is 1. The lowest BCUT2D eigenvalue weighted by Crippen LogP contribution is -2.26. The van der Waals surface area contributed by atoms with Gasteiger partial charge in [0.2, 0.25) is 0 Å². The third-order valence-electron chi connectivity index (χ3n) is 2.16. The molecule has 1 unspecified atom stereocenters. The predicted octanol–water partition coefficient (Wildman–Crippen LogP) is 0.596. The van der Waals surface area contributed by atoms with E-state index in [-0.39, 0.29) is 6.10 Å². The van der Waals surface area contributed by atoms with Crippen LogP contribution in [0.5, 0.6) is 0 Å². The summed E-state index contributed by atoms with van der Waals surface area (Å²) in [6.07, 6.45) is 0.131. The molecule has 0 fully saturated rings. The molecule has 1 heterocycles. The standard InChI is InChI=1S/C10H21N5O/c1-5-16-9(4)7-15-10(12-13-14-15)6-11-8(2)3/h8-9,11H,5-7H2,1-4H3. The molecule has 1 rings (SSSR count). The topological polar surface area (TPSA) is 64.9 Å². The van der Waals surface area contributed by atoms with Gasteiger partial charge in [0, 0.05) is 12.6 Å². The molecular formula is C10H21N5O. The second-order valence-electron chi connectivity index (χ2n) is 4.08. The van der Waals surface area contributed by atoms with Gasteiger partial charge in [0.25, 0.3) is 0 Å². The first kappa shape index (κ1) is 13.1. The summed E-state index contributed by atoms with van der Waals surface area (Å²) in [5.41, 5.74) is 0. The van der Waals surface area contributed by atoms with Crippen molar-refractivity contribution in [3.63, 3.8) is 0 Å². The van der Waals surface area contributed by atoms with Gasteiger partial charge in [-0.3, -0.25) is 0 Å². The average molecular weight is 227 g/mol. The van der Waals surface area contributed by atoms with E-state index in [1.54, 1.807) is 4.68 Å². The van der Waals surface area contributed by atoms with Gasteiger partial charge in [0.05, 0.1) is 19.2 Å². The van der Waals surface area contributed by atoms with Crippen LogP contribution in [-0.4, -0.2) is 39.0 Å². The van der Waals surface area contributed by atoms with Crippen molar-refractivity contribution < 1.29 is 4.74 Å². The zero-order valence-corrected chi connectivity index (χ0v) is 10.5. The van der Waals surface area contributed by atoms with Gasteiger partial charge in [-0.15, -0.1) is 5.10 Å². The summed E-state index contributed by atoms with van der Waals surface area (Å²) >= 11 is 0. The molecule has 0 aliphatic heterocycles. The lowest BCUT2D eigenvalue weighted by atomic mass is 10.3. The molecule has 6 nitrogen and oxygen atoms in total. The van der Waals surface area contributed by atoms with E-state index in [1.165, 1.54) is 0 Å². The van der Waals surface area contributed by atoms with Crippen LogP contribution in [0.1, 0.15) is 33.5 Å². The van der Waals surface area contributed by atoms with Crippen molar-refractivity contribution in [1.82, 2.24) is 25.5 Å². The van der Waals surface area contributed by atoms with E-state index in [9.17, 15) is 0 Å². The third kappa shape index (κ3) is 4.24. The highest BCUT2D eigenvalue weighted by molar-refractivity contribution is 4.81. The Hall–Kier alpha value is -1.01. The number of rotatable bonds is 7. The Morgan fingerprint density at radius 2 is 2.12 bits per heavy atom. The smallest absolute Gasteiger partial charge is 0.165 e. The fraction of sp³-hybridized carbons (Fsp3) is 0.900. The number of hydrogen-bond acceptors (Lipinski definition) is 5. The van der Waals surface area contributed by atoms with E-state index in [1.807, 2.05) is 13.8 Å². The summed E-state index contributed by atoms with van der Waals surface area (Å²) < 4.78 is 7.25. The highest BCUT2D eigenvalue weighted by Gasteiger charge is 2.09. The zero-order chi connectivity index (χ0) is 12.0. The first-order valence-electron chi connectivity index (χ1n) is 5.73. The molecule has 0 aliphatic carbocycles. The van der Waals surface area contributed by atoms with Crippen molar-refractivity contribution in [2.45, 2.75) is 52.9 Å². The summed E-state index contributed by atoms with van der Waals surface area (Å²) in [5.74, 6) is 0.847. The molecular weight excluding hydrogens is 206 g/mol. The fourth-order valence-electron chi connectivity index (χ4n) is 1.37. The number of nitrogens with one attached hydrogen (secondary N) is 1. The van der Waals surface area contributed by atoms with Crippen LogP contribution in [-0.2, 0) is 17.8 Å². The summed E-state index contributed by atoms with van der Waals surface area (Å²) in [5, 5.41) is 14.9. The van der Waals surface area contributed by atoms with Crippen LogP contribution in [0.25, 0.3) is 0 Å².